The van der Waals surface area contributed by atoms with Gasteiger partial charge in [0.05, 0.1) is 23.1 Å². The normalized spacial score (nSPS) is 14.2. The van der Waals surface area contributed by atoms with Crippen LogP contribution in [0.4, 0.5) is 18.9 Å². The lowest BCUT2D eigenvalue weighted by atomic mass is 10.1. The Bertz CT molecular complexity index is 1610. The van der Waals surface area contributed by atoms with E-state index < -0.39 is 29.1 Å². The number of aromatic hydroxyl groups is 1. The summed E-state index contributed by atoms with van der Waals surface area (Å²) in [7, 11) is 0. The van der Waals surface area contributed by atoms with Gasteiger partial charge in [-0.3, -0.25) is 9.69 Å². The van der Waals surface area contributed by atoms with Gasteiger partial charge in [0, 0.05) is 38.4 Å². The van der Waals surface area contributed by atoms with Crippen molar-refractivity contribution in [3.8, 4) is 17.2 Å². The number of nitrogens with zero attached hydrogens (tertiary/aromatic N) is 2. The van der Waals surface area contributed by atoms with Gasteiger partial charge in [-0.2, -0.15) is 13.2 Å². The molecule has 0 saturated carbocycles. The monoisotopic (exact) mass is 582 g/mol. The molecule has 0 spiro atoms. The molecular formula is C31H29F3N2O6. The van der Waals surface area contributed by atoms with Crippen LogP contribution in [0.2, 0.25) is 0 Å². The van der Waals surface area contributed by atoms with Crippen molar-refractivity contribution < 1.29 is 37.0 Å². The molecule has 4 aromatic rings. The van der Waals surface area contributed by atoms with Crippen LogP contribution in [0.5, 0.6) is 17.2 Å². The number of carbonyl (C=O) groups excluding carboxylic acids is 1. The molecule has 1 fully saturated rings. The number of phenolic OH excluding ortho intramolecular Hbond substituents is 1. The van der Waals surface area contributed by atoms with Gasteiger partial charge in [0.25, 0.3) is 5.76 Å². The van der Waals surface area contributed by atoms with Crippen molar-refractivity contribution in [2.75, 3.05) is 37.7 Å². The highest BCUT2D eigenvalue weighted by Crippen LogP contribution is 2.40. The number of rotatable bonds is 8. The fraction of sp³-hybridized carbons (Fsp3) is 0.290. The summed E-state index contributed by atoms with van der Waals surface area (Å²) in [6.45, 7) is 4.69. The van der Waals surface area contributed by atoms with Gasteiger partial charge in [0.15, 0.2) is 0 Å². The lowest BCUT2D eigenvalue weighted by Crippen LogP contribution is -2.46. The van der Waals surface area contributed by atoms with E-state index in [1.807, 2.05) is 42.2 Å². The lowest BCUT2D eigenvalue weighted by Gasteiger charge is -2.36. The van der Waals surface area contributed by atoms with E-state index in [1.165, 1.54) is 36.4 Å². The molecule has 1 N–H and O–H groups in total. The number of hydrogen-bond acceptors (Lipinski definition) is 8. The van der Waals surface area contributed by atoms with Crippen LogP contribution < -0.4 is 15.1 Å². The fourth-order valence-electron chi connectivity index (χ4n) is 4.80. The third kappa shape index (κ3) is 6.20. The number of piperazine rings is 1. The minimum atomic E-state index is -5.07. The predicted molar refractivity (Wildman–Crippen MR) is 150 cm³/mol. The van der Waals surface area contributed by atoms with Crippen molar-refractivity contribution in [2.24, 2.45) is 0 Å². The Kier molecular flexibility index (Phi) is 8.39. The molecule has 2 heterocycles. The summed E-state index contributed by atoms with van der Waals surface area (Å²) >= 11 is 0. The number of ether oxygens (including phenoxy) is 2. The van der Waals surface area contributed by atoms with Crippen molar-refractivity contribution in [1.29, 1.82) is 0 Å². The molecule has 42 heavy (non-hydrogen) atoms. The molecule has 1 saturated heterocycles. The highest BCUT2D eigenvalue weighted by atomic mass is 19.4. The maximum absolute atomic E-state index is 14.2. The predicted octanol–water partition coefficient (Wildman–Crippen LogP) is 6.20. The maximum atomic E-state index is 14.2. The molecule has 0 aliphatic carbocycles. The largest absolute Gasteiger partial charge is 0.507 e. The Morgan fingerprint density at radius 3 is 2.31 bits per heavy atom. The number of halogens is 3. The Hall–Kier alpha value is -4.51. The summed E-state index contributed by atoms with van der Waals surface area (Å²) in [6, 6.07) is 17.5. The van der Waals surface area contributed by atoms with E-state index in [4.69, 9.17) is 13.9 Å². The minimum absolute atomic E-state index is 0.0852. The Labute approximate surface area is 239 Å². The molecule has 0 radical (unpaired) electrons. The molecule has 0 atom stereocenters. The smallest absolute Gasteiger partial charge is 0.453 e. The molecule has 0 amide bonds. The van der Waals surface area contributed by atoms with Crippen LogP contribution >= 0.6 is 0 Å². The number of alkyl halides is 3. The first kappa shape index (κ1) is 29.0. The number of anilines is 1. The number of phenols is 1. The number of hydrogen-bond donors (Lipinski definition) is 1. The second-order valence-electron chi connectivity index (χ2n) is 9.89. The first-order chi connectivity index (χ1) is 20.2. The van der Waals surface area contributed by atoms with Crippen molar-refractivity contribution in [3.63, 3.8) is 0 Å². The van der Waals surface area contributed by atoms with Gasteiger partial charge < -0.3 is 23.9 Å². The molecule has 11 heteroatoms. The first-order valence-corrected chi connectivity index (χ1v) is 13.5. The molecule has 5 rings (SSSR count). The van der Waals surface area contributed by atoms with E-state index in [0.29, 0.717) is 32.6 Å². The molecule has 0 bridgehead atoms. The summed E-state index contributed by atoms with van der Waals surface area (Å²) in [5, 5.41) is 10.5. The second-order valence-corrected chi connectivity index (χ2v) is 9.89. The summed E-state index contributed by atoms with van der Waals surface area (Å²) in [6.07, 6.45) is -4.44. The van der Waals surface area contributed by atoms with Crippen LogP contribution in [0.25, 0.3) is 11.0 Å². The molecule has 220 valence electrons. The van der Waals surface area contributed by atoms with Gasteiger partial charge in [-0.1, -0.05) is 25.1 Å². The van der Waals surface area contributed by atoms with E-state index >= 15 is 0 Å². The number of para-hydroxylation sites is 1. The van der Waals surface area contributed by atoms with Crippen molar-refractivity contribution in [3.05, 3.63) is 93.8 Å². The SMILES string of the molecule is CCCOC(=O)c1ccc(Oc2c(C(F)(F)F)oc3c(CN4CCN(c5ccccc5)CC4)c(O)ccc3c2=O)cc1. The quantitative estimate of drug-likeness (QED) is 0.246. The van der Waals surface area contributed by atoms with Crippen LogP contribution in [-0.2, 0) is 17.5 Å². The number of fused-ring (bicyclic) bond motifs is 1. The zero-order valence-electron chi connectivity index (χ0n) is 22.8. The van der Waals surface area contributed by atoms with Crippen LogP contribution in [0.1, 0.15) is 35.0 Å². The molecule has 8 nitrogen and oxygen atoms in total. The van der Waals surface area contributed by atoms with E-state index in [2.05, 4.69) is 4.90 Å². The van der Waals surface area contributed by atoms with E-state index in [9.17, 15) is 27.9 Å². The standard InChI is InChI=1S/C31H29F3N2O6/c1-2-18-40-30(39)20-8-10-22(11-9-20)41-28-26(38)23-12-13-25(37)24(27(23)42-29(28)31(32,33)34)19-35-14-16-36(17-15-35)21-6-4-3-5-7-21/h3-13,37H,2,14-19H2,1H3. The average Bonchev–Trinajstić information content (AvgIpc) is 2.99. The minimum Gasteiger partial charge on any atom is -0.507 e. The Morgan fingerprint density at radius 2 is 1.67 bits per heavy atom. The topological polar surface area (TPSA) is 92.5 Å². The highest BCUT2D eigenvalue weighted by Gasteiger charge is 2.41. The van der Waals surface area contributed by atoms with Crippen LogP contribution in [-0.4, -0.2) is 48.8 Å². The summed E-state index contributed by atoms with van der Waals surface area (Å²) in [4.78, 5) is 29.6. The first-order valence-electron chi connectivity index (χ1n) is 13.5. The maximum Gasteiger partial charge on any atom is 0.453 e. The van der Waals surface area contributed by atoms with Gasteiger partial charge >= 0.3 is 12.1 Å². The van der Waals surface area contributed by atoms with E-state index in [-0.39, 0.29) is 46.7 Å². The van der Waals surface area contributed by atoms with E-state index in [0.717, 1.165) is 5.69 Å². The van der Waals surface area contributed by atoms with Gasteiger partial charge in [-0.15, -0.1) is 0 Å². The number of esters is 1. The zero-order valence-corrected chi connectivity index (χ0v) is 22.8. The van der Waals surface area contributed by atoms with Gasteiger partial charge in [0.1, 0.15) is 17.1 Å². The molecule has 3 aromatic carbocycles. The van der Waals surface area contributed by atoms with Gasteiger partial charge in [0.2, 0.25) is 11.2 Å². The summed E-state index contributed by atoms with van der Waals surface area (Å²) in [5.74, 6) is -3.62. The van der Waals surface area contributed by atoms with Crippen molar-refractivity contribution in [1.82, 2.24) is 4.90 Å². The second kappa shape index (κ2) is 12.2. The Morgan fingerprint density at radius 1 is 0.976 bits per heavy atom. The van der Waals surface area contributed by atoms with Crippen LogP contribution in [0, 0.1) is 0 Å². The lowest BCUT2D eigenvalue weighted by molar-refractivity contribution is -0.154. The summed E-state index contributed by atoms with van der Waals surface area (Å²) < 4.78 is 58.4. The number of benzene rings is 3. The van der Waals surface area contributed by atoms with Crippen molar-refractivity contribution in [2.45, 2.75) is 26.1 Å². The highest BCUT2D eigenvalue weighted by molar-refractivity contribution is 5.89. The third-order valence-corrected chi connectivity index (χ3v) is 6.98. The molecule has 1 aromatic heterocycles. The van der Waals surface area contributed by atoms with Crippen LogP contribution in [0.15, 0.2) is 75.9 Å². The zero-order chi connectivity index (χ0) is 29.9. The summed E-state index contributed by atoms with van der Waals surface area (Å²) in [5.41, 5.74) is -0.0410. The molecular weight excluding hydrogens is 553 g/mol. The van der Waals surface area contributed by atoms with Gasteiger partial charge in [-0.25, -0.2) is 4.79 Å². The Balaban J connectivity index is 1.44. The van der Waals surface area contributed by atoms with Crippen LogP contribution in [0.3, 0.4) is 0 Å². The number of carbonyl (C=O) groups is 1. The van der Waals surface area contributed by atoms with E-state index in [1.54, 1.807) is 0 Å². The van der Waals surface area contributed by atoms with Gasteiger partial charge in [-0.05, 0) is 55.0 Å². The molecule has 1 aliphatic heterocycles. The average molecular weight is 583 g/mol. The molecule has 0 unspecified atom stereocenters. The third-order valence-electron chi connectivity index (χ3n) is 6.98. The van der Waals surface area contributed by atoms with Crippen molar-refractivity contribution >= 4 is 22.6 Å². The molecule has 1 aliphatic rings. The fourth-order valence-corrected chi connectivity index (χ4v) is 4.80.